The molecule has 0 aromatic rings. The van der Waals surface area contributed by atoms with E-state index in [0.717, 1.165) is 32.3 Å². The third kappa shape index (κ3) is 6.00. The summed E-state index contributed by atoms with van der Waals surface area (Å²) in [4.78, 5) is 10.2. The predicted molar refractivity (Wildman–Crippen MR) is 61.9 cm³/mol. The molecule has 5 heteroatoms. The van der Waals surface area contributed by atoms with Crippen molar-refractivity contribution < 1.29 is 24.5 Å². The van der Waals surface area contributed by atoms with E-state index < -0.39 is 12.1 Å². The number of hydrogen-bond donors (Lipinski definition) is 2. The number of ether oxygens (including phenoxy) is 2. The molecule has 0 aromatic heterocycles. The maximum atomic E-state index is 10.2. The molecule has 100 valence electrons. The van der Waals surface area contributed by atoms with Crippen LogP contribution in [0.3, 0.4) is 0 Å². The zero-order valence-electron chi connectivity index (χ0n) is 10.1. The van der Waals surface area contributed by atoms with Crippen LogP contribution in [0.1, 0.15) is 38.5 Å². The summed E-state index contributed by atoms with van der Waals surface area (Å²) in [6, 6.07) is 0. The number of carboxylic acid groups (broad SMARTS) is 1. The number of hydrogen-bond acceptors (Lipinski definition) is 4. The van der Waals surface area contributed by atoms with Gasteiger partial charge in [0.1, 0.15) is 0 Å². The minimum Gasteiger partial charge on any atom is -0.479 e. The summed E-state index contributed by atoms with van der Waals surface area (Å²) in [6.07, 6.45) is 5.69. The molecule has 2 aliphatic rings. The van der Waals surface area contributed by atoms with Crippen molar-refractivity contribution in [2.24, 2.45) is 0 Å². The molecule has 5 nitrogen and oxygen atoms in total. The Morgan fingerprint density at radius 2 is 1.71 bits per heavy atom. The van der Waals surface area contributed by atoms with Crippen molar-refractivity contribution in [3.05, 3.63) is 0 Å². The molecule has 2 N–H and O–H groups in total. The Bertz CT molecular complexity index is 207. The van der Waals surface area contributed by atoms with Gasteiger partial charge in [-0.15, -0.1) is 0 Å². The first-order valence-corrected chi connectivity index (χ1v) is 6.31. The number of aliphatic carboxylic acids is 1. The Labute approximate surface area is 102 Å². The molecular formula is C12H22O5. The lowest BCUT2D eigenvalue weighted by atomic mass is 10.1. The second kappa shape index (κ2) is 8.44. The molecule has 0 aromatic carbocycles. The van der Waals surface area contributed by atoms with Crippen LogP contribution in [0.4, 0.5) is 0 Å². The average molecular weight is 246 g/mol. The van der Waals surface area contributed by atoms with E-state index in [1.807, 2.05) is 0 Å². The molecule has 2 aliphatic heterocycles. The first-order valence-electron chi connectivity index (χ1n) is 6.31. The van der Waals surface area contributed by atoms with Gasteiger partial charge in [0.15, 0.2) is 6.10 Å². The van der Waals surface area contributed by atoms with Crippen LogP contribution in [0.2, 0.25) is 0 Å². The highest BCUT2D eigenvalue weighted by Crippen LogP contribution is 2.12. The molecule has 2 saturated heterocycles. The van der Waals surface area contributed by atoms with Crippen LogP contribution >= 0.6 is 0 Å². The fourth-order valence-electron chi connectivity index (χ4n) is 1.89. The van der Waals surface area contributed by atoms with E-state index in [2.05, 4.69) is 0 Å². The second-order valence-corrected chi connectivity index (χ2v) is 4.36. The fourth-order valence-corrected chi connectivity index (χ4v) is 1.89. The summed E-state index contributed by atoms with van der Waals surface area (Å²) in [6.45, 7) is 1.64. The van der Waals surface area contributed by atoms with Crippen LogP contribution in [0, 0.1) is 0 Å². The lowest BCUT2D eigenvalue weighted by Crippen LogP contribution is -2.27. The van der Waals surface area contributed by atoms with Crippen molar-refractivity contribution in [3.63, 3.8) is 0 Å². The van der Waals surface area contributed by atoms with Gasteiger partial charge in [0.2, 0.25) is 0 Å². The molecule has 2 unspecified atom stereocenters. The molecule has 2 fully saturated rings. The molecule has 0 aliphatic carbocycles. The van der Waals surface area contributed by atoms with Gasteiger partial charge in [-0.3, -0.25) is 0 Å². The van der Waals surface area contributed by atoms with Crippen molar-refractivity contribution in [1.82, 2.24) is 0 Å². The van der Waals surface area contributed by atoms with E-state index in [1.165, 1.54) is 6.42 Å². The smallest absolute Gasteiger partial charge is 0.332 e. The minimum atomic E-state index is -0.824. The molecule has 2 rings (SSSR count). The number of aliphatic hydroxyl groups excluding tert-OH is 1. The highest BCUT2D eigenvalue weighted by Gasteiger charge is 2.20. The van der Waals surface area contributed by atoms with Gasteiger partial charge in [-0.1, -0.05) is 0 Å². The third-order valence-corrected chi connectivity index (χ3v) is 2.93. The maximum absolute atomic E-state index is 10.2. The van der Waals surface area contributed by atoms with Crippen molar-refractivity contribution >= 4 is 5.97 Å². The van der Waals surface area contributed by atoms with E-state index in [-0.39, 0.29) is 12.7 Å². The minimum absolute atomic E-state index is 0.142. The summed E-state index contributed by atoms with van der Waals surface area (Å²) in [7, 11) is 0. The molecule has 17 heavy (non-hydrogen) atoms. The van der Waals surface area contributed by atoms with Crippen LogP contribution in [0.15, 0.2) is 0 Å². The van der Waals surface area contributed by atoms with Crippen LogP contribution in [-0.2, 0) is 14.3 Å². The van der Waals surface area contributed by atoms with E-state index in [1.54, 1.807) is 0 Å². The quantitative estimate of drug-likeness (QED) is 0.765. The van der Waals surface area contributed by atoms with Gasteiger partial charge in [0.25, 0.3) is 0 Å². The molecule has 0 saturated carbocycles. The Morgan fingerprint density at radius 3 is 2.00 bits per heavy atom. The normalized spacial score (nSPS) is 29.0. The summed E-state index contributed by atoms with van der Waals surface area (Å²) in [5.74, 6) is -0.824. The van der Waals surface area contributed by atoms with Crippen molar-refractivity contribution in [1.29, 1.82) is 0 Å². The fraction of sp³-hybridized carbons (Fsp3) is 0.917. The molecular weight excluding hydrogens is 224 g/mol. The van der Waals surface area contributed by atoms with Crippen LogP contribution in [-0.4, -0.2) is 48.2 Å². The SMILES string of the molecule is O=C(O)C1CCCCO1.OCC1CCCCO1. The molecule has 0 amide bonds. The highest BCUT2D eigenvalue weighted by atomic mass is 16.5. The molecule has 2 atom stereocenters. The highest BCUT2D eigenvalue weighted by molar-refractivity contribution is 5.72. The zero-order chi connectivity index (χ0) is 12.5. The van der Waals surface area contributed by atoms with Gasteiger partial charge in [-0.05, 0) is 38.5 Å². The summed E-state index contributed by atoms with van der Waals surface area (Å²) < 4.78 is 10.1. The predicted octanol–water partition coefficient (Wildman–Crippen LogP) is 1.19. The van der Waals surface area contributed by atoms with Gasteiger partial charge >= 0.3 is 5.97 Å². The lowest BCUT2D eigenvalue weighted by Gasteiger charge is -2.19. The Hall–Kier alpha value is -0.650. The Balaban J connectivity index is 0.000000171. The standard InChI is InChI=1S/C6H10O3.C6H12O2/c7-6(8)5-3-1-2-4-9-5;7-5-6-3-1-2-4-8-6/h5H,1-4H2,(H,7,8);6-7H,1-5H2. The zero-order valence-corrected chi connectivity index (χ0v) is 10.1. The van der Waals surface area contributed by atoms with E-state index >= 15 is 0 Å². The summed E-state index contributed by atoms with van der Waals surface area (Å²) in [5.41, 5.74) is 0. The van der Waals surface area contributed by atoms with Gasteiger partial charge < -0.3 is 19.7 Å². The van der Waals surface area contributed by atoms with Crippen LogP contribution < -0.4 is 0 Å². The first-order chi connectivity index (χ1) is 8.24. The van der Waals surface area contributed by atoms with Gasteiger partial charge in [-0.25, -0.2) is 4.79 Å². The molecule has 0 bridgehead atoms. The van der Waals surface area contributed by atoms with Gasteiger partial charge in [0, 0.05) is 13.2 Å². The number of carboxylic acids is 1. The largest absolute Gasteiger partial charge is 0.479 e. The van der Waals surface area contributed by atoms with E-state index in [9.17, 15) is 4.79 Å². The molecule has 0 spiro atoms. The van der Waals surface area contributed by atoms with Crippen molar-refractivity contribution in [2.75, 3.05) is 19.8 Å². The number of rotatable bonds is 2. The van der Waals surface area contributed by atoms with Crippen molar-refractivity contribution in [2.45, 2.75) is 50.7 Å². The monoisotopic (exact) mass is 246 g/mol. The van der Waals surface area contributed by atoms with E-state index in [0.29, 0.717) is 13.0 Å². The average Bonchev–Trinajstić information content (AvgIpc) is 2.41. The van der Waals surface area contributed by atoms with Crippen LogP contribution in [0.25, 0.3) is 0 Å². The first kappa shape index (κ1) is 14.4. The van der Waals surface area contributed by atoms with Gasteiger partial charge in [0.05, 0.1) is 12.7 Å². The Kier molecular flexibility index (Phi) is 7.16. The number of carbonyl (C=O) groups is 1. The molecule has 0 radical (unpaired) electrons. The third-order valence-electron chi connectivity index (χ3n) is 2.93. The summed E-state index contributed by atoms with van der Waals surface area (Å²) >= 11 is 0. The molecule has 2 heterocycles. The Morgan fingerprint density at radius 1 is 1.06 bits per heavy atom. The lowest BCUT2D eigenvalue weighted by molar-refractivity contribution is -0.153. The van der Waals surface area contributed by atoms with Crippen LogP contribution in [0.5, 0.6) is 0 Å². The van der Waals surface area contributed by atoms with Gasteiger partial charge in [-0.2, -0.15) is 0 Å². The van der Waals surface area contributed by atoms with E-state index in [4.69, 9.17) is 19.7 Å². The maximum Gasteiger partial charge on any atom is 0.332 e. The topological polar surface area (TPSA) is 76.0 Å². The summed E-state index contributed by atoms with van der Waals surface area (Å²) in [5, 5.41) is 17.0. The second-order valence-electron chi connectivity index (χ2n) is 4.36. The number of aliphatic hydroxyl groups is 1. The van der Waals surface area contributed by atoms with Crippen molar-refractivity contribution in [3.8, 4) is 0 Å².